The molecule has 0 aliphatic carbocycles. The minimum atomic E-state index is -4.35. The van der Waals surface area contributed by atoms with Gasteiger partial charge in [0.15, 0.2) is 0 Å². The highest BCUT2D eigenvalue weighted by Gasteiger charge is 2.29. The Morgan fingerprint density at radius 3 is 2.43 bits per heavy atom. The minimum Gasteiger partial charge on any atom is -0.397 e. The van der Waals surface area contributed by atoms with Gasteiger partial charge in [-0.05, 0) is 35.9 Å². The molecule has 28 heavy (non-hydrogen) atoms. The highest BCUT2D eigenvalue weighted by atomic mass is 19.4. The van der Waals surface area contributed by atoms with Crippen molar-refractivity contribution in [3.8, 4) is 0 Å². The zero-order valence-electron chi connectivity index (χ0n) is 15.3. The number of benzene rings is 2. The summed E-state index contributed by atoms with van der Waals surface area (Å²) >= 11 is 0. The van der Waals surface area contributed by atoms with E-state index in [9.17, 15) is 18.0 Å². The van der Waals surface area contributed by atoms with Crippen molar-refractivity contribution in [1.29, 1.82) is 0 Å². The summed E-state index contributed by atoms with van der Waals surface area (Å²) in [5, 5.41) is 5.72. The summed E-state index contributed by atoms with van der Waals surface area (Å²) in [6.07, 6.45) is -4.35. The maximum Gasteiger partial charge on any atom is 0.416 e. The number of nitrogens with two attached hydrogens (primary N) is 1. The molecule has 2 aromatic rings. The number of rotatable bonds is 9. The first-order valence-electron chi connectivity index (χ1n) is 8.45. The van der Waals surface area contributed by atoms with Crippen molar-refractivity contribution >= 4 is 23.0 Å². The largest absolute Gasteiger partial charge is 0.416 e. The summed E-state index contributed by atoms with van der Waals surface area (Å²) in [7, 11) is 1.54. The number of carbonyl (C=O) groups is 1. The number of hydrogen-bond acceptors (Lipinski definition) is 5. The number of carbonyl (C=O) groups excluding carboxylic acids is 1. The quantitative estimate of drug-likeness (QED) is 0.445. The van der Waals surface area contributed by atoms with Gasteiger partial charge in [-0.2, -0.15) is 13.2 Å². The van der Waals surface area contributed by atoms with Crippen molar-refractivity contribution in [3.63, 3.8) is 0 Å². The fourth-order valence-electron chi connectivity index (χ4n) is 2.30. The monoisotopic (exact) mass is 397 g/mol. The molecule has 9 heteroatoms. The van der Waals surface area contributed by atoms with Crippen molar-refractivity contribution in [2.45, 2.75) is 12.7 Å². The average Bonchev–Trinajstić information content (AvgIpc) is 2.65. The van der Waals surface area contributed by atoms with Crippen molar-refractivity contribution < 1.29 is 27.4 Å². The molecule has 1 amide bonds. The third kappa shape index (κ3) is 6.75. The fourth-order valence-corrected chi connectivity index (χ4v) is 2.30. The van der Waals surface area contributed by atoms with Crippen LogP contribution < -0.4 is 16.4 Å². The van der Waals surface area contributed by atoms with E-state index in [0.29, 0.717) is 42.4 Å². The van der Waals surface area contributed by atoms with E-state index in [1.54, 1.807) is 18.2 Å². The number of halogens is 3. The summed E-state index contributed by atoms with van der Waals surface area (Å²) in [5.74, 6) is -0.340. The van der Waals surface area contributed by atoms with Crippen LogP contribution in [0.4, 0.5) is 30.2 Å². The number of anilines is 3. The first-order valence-corrected chi connectivity index (χ1v) is 8.45. The topological polar surface area (TPSA) is 85.6 Å². The molecule has 0 aliphatic heterocycles. The first-order chi connectivity index (χ1) is 13.3. The van der Waals surface area contributed by atoms with Gasteiger partial charge in [0, 0.05) is 19.3 Å². The molecule has 0 fully saturated rings. The van der Waals surface area contributed by atoms with Crippen LogP contribution in [0.3, 0.4) is 0 Å². The van der Waals surface area contributed by atoms with Gasteiger partial charge < -0.3 is 25.8 Å². The highest BCUT2D eigenvalue weighted by molar-refractivity contribution is 5.95. The van der Waals surface area contributed by atoms with E-state index in [-0.39, 0.29) is 12.5 Å². The number of ether oxygens (including phenoxy) is 2. The second-order valence-corrected chi connectivity index (χ2v) is 5.94. The predicted molar refractivity (Wildman–Crippen MR) is 101 cm³/mol. The van der Waals surface area contributed by atoms with Gasteiger partial charge in [0.25, 0.3) is 0 Å². The maximum absolute atomic E-state index is 12.6. The molecule has 0 atom stereocenters. The number of nitrogen functional groups attached to an aromatic ring is 1. The molecule has 0 saturated carbocycles. The van der Waals surface area contributed by atoms with Crippen LogP contribution >= 0.6 is 0 Å². The summed E-state index contributed by atoms with van der Waals surface area (Å²) in [6, 6.07) is 9.89. The SMILES string of the molecule is COCCOCC(=O)Nc1ccc(NCc2ccc(C(F)(F)F)cc2)cc1N. The molecule has 0 saturated heterocycles. The Balaban J connectivity index is 1.87. The number of nitrogens with one attached hydrogen (secondary N) is 2. The number of amides is 1. The fraction of sp³-hybridized carbons (Fsp3) is 0.316. The Hall–Kier alpha value is -2.78. The lowest BCUT2D eigenvalue weighted by molar-refractivity contribution is -0.137. The van der Waals surface area contributed by atoms with Gasteiger partial charge >= 0.3 is 6.18 Å². The minimum absolute atomic E-state index is 0.114. The molecular weight excluding hydrogens is 375 g/mol. The second kappa shape index (κ2) is 9.95. The van der Waals surface area contributed by atoms with E-state index in [1.807, 2.05) is 0 Å². The van der Waals surface area contributed by atoms with E-state index < -0.39 is 11.7 Å². The molecule has 0 aromatic heterocycles. The van der Waals surface area contributed by atoms with Gasteiger partial charge in [-0.1, -0.05) is 12.1 Å². The molecule has 0 aliphatic rings. The Labute approximate surface area is 160 Å². The van der Waals surface area contributed by atoms with Crippen LogP contribution in [0.15, 0.2) is 42.5 Å². The van der Waals surface area contributed by atoms with E-state index in [2.05, 4.69) is 10.6 Å². The van der Waals surface area contributed by atoms with Crippen molar-refractivity contribution in [1.82, 2.24) is 0 Å². The van der Waals surface area contributed by atoms with Gasteiger partial charge in [0.05, 0.1) is 30.2 Å². The van der Waals surface area contributed by atoms with Crippen molar-refractivity contribution in [2.24, 2.45) is 0 Å². The number of methoxy groups -OCH3 is 1. The summed E-state index contributed by atoms with van der Waals surface area (Å²) in [6.45, 7) is 0.925. The highest BCUT2D eigenvalue weighted by Crippen LogP contribution is 2.29. The molecular formula is C19H22F3N3O3. The Bertz CT molecular complexity index is 780. The summed E-state index contributed by atoms with van der Waals surface area (Å²) < 4.78 is 47.7. The van der Waals surface area contributed by atoms with Crippen molar-refractivity contribution in [3.05, 3.63) is 53.6 Å². The molecule has 6 nitrogen and oxygen atoms in total. The molecule has 152 valence electrons. The second-order valence-electron chi connectivity index (χ2n) is 5.94. The lowest BCUT2D eigenvalue weighted by Crippen LogP contribution is -2.20. The van der Waals surface area contributed by atoms with Crippen LogP contribution in [0.1, 0.15) is 11.1 Å². The number of alkyl halides is 3. The Morgan fingerprint density at radius 1 is 1.11 bits per heavy atom. The molecule has 0 bridgehead atoms. The van der Waals surface area contributed by atoms with Crippen molar-refractivity contribution in [2.75, 3.05) is 43.3 Å². The Kier molecular flexibility index (Phi) is 7.65. The van der Waals surface area contributed by atoms with Gasteiger partial charge in [0.2, 0.25) is 5.91 Å². The Morgan fingerprint density at radius 2 is 1.82 bits per heavy atom. The normalized spacial score (nSPS) is 11.3. The molecule has 0 heterocycles. The zero-order chi connectivity index (χ0) is 20.6. The molecule has 2 aromatic carbocycles. The van der Waals surface area contributed by atoms with Gasteiger partial charge in [-0.25, -0.2) is 0 Å². The van der Waals surface area contributed by atoms with Crippen LogP contribution in [-0.4, -0.2) is 32.8 Å². The maximum atomic E-state index is 12.6. The van der Waals surface area contributed by atoms with E-state index in [1.165, 1.54) is 19.2 Å². The third-order valence-corrected chi connectivity index (χ3v) is 3.77. The summed E-state index contributed by atoms with van der Waals surface area (Å²) in [4.78, 5) is 11.8. The zero-order valence-corrected chi connectivity index (χ0v) is 15.3. The predicted octanol–water partition coefficient (Wildman–Crippen LogP) is 3.50. The first kappa shape index (κ1) is 21.5. The standard InChI is InChI=1S/C19H22F3N3O3/c1-27-8-9-28-12-18(26)25-17-7-6-15(10-16(17)23)24-11-13-2-4-14(5-3-13)19(20,21)22/h2-7,10,24H,8-9,11-12,23H2,1H3,(H,25,26). The van der Waals surface area contributed by atoms with Crippen LogP contribution in [0.2, 0.25) is 0 Å². The summed E-state index contributed by atoms with van der Waals surface area (Å²) in [5.41, 5.74) is 7.41. The van der Waals surface area contributed by atoms with Gasteiger partial charge in [0.1, 0.15) is 6.61 Å². The van der Waals surface area contributed by atoms with Crippen LogP contribution in [0.25, 0.3) is 0 Å². The smallest absolute Gasteiger partial charge is 0.397 e. The lowest BCUT2D eigenvalue weighted by Gasteiger charge is -2.12. The van der Waals surface area contributed by atoms with E-state index >= 15 is 0 Å². The third-order valence-electron chi connectivity index (χ3n) is 3.77. The van der Waals surface area contributed by atoms with Crippen LogP contribution in [0, 0.1) is 0 Å². The lowest BCUT2D eigenvalue weighted by atomic mass is 10.1. The molecule has 2 rings (SSSR count). The van der Waals surface area contributed by atoms with E-state index in [4.69, 9.17) is 15.2 Å². The molecule has 0 radical (unpaired) electrons. The van der Waals surface area contributed by atoms with Crippen LogP contribution in [0.5, 0.6) is 0 Å². The van der Waals surface area contributed by atoms with E-state index in [0.717, 1.165) is 12.1 Å². The van der Waals surface area contributed by atoms with Gasteiger partial charge in [-0.15, -0.1) is 0 Å². The van der Waals surface area contributed by atoms with Crippen LogP contribution in [-0.2, 0) is 27.0 Å². The average molecular weight is 397 g/mol. The number of hydrogen-bond donors (Lipinski definition) is 3. The molecule has 0 unspecified atom stereocenters. The molecule has 0 spiro atoms. The van der Waals surface area contributed by atoms with Gasteiger partial charge in [-0.3, -0.25) is 4.79 Å². The molecule has 4 N–H and O–H groups in total.